The molecule has 7 heteroatoms. The molecule has 0 aromatic carbocycles. The minimum Gasteiger partial charge on any atom is -0.476 e. The second kappa shape index (κ2) is 10.3. The Hall–Kier alpha value is -2.44. The molecule has 22 heavy (non-hydrogen) atoms. The van der Waals surface area contributed by atoms with Crippen LogP contribution in [0, 0.1) is 6.92 Å². The van der Waals surface area contributed by atoms with E-state index in [1.54, 1.807) is 13.8 Å². The van der Waals surface area contributed by atoms with E-state index in [1.807, 2.05) is 27.7 Å². The van der Waals surface area contributed by atoms with Crippen molar-refractivity contribution in [2.45, 2.75) is 47.6 Å². The molecule has 0 aliphatic rings. The maximum Gasteiger partial charge on any atom is 0.356 e. The molecule has 2 rings (SSSR count). The zero-order chi connectivity index (χ0) is 17.1. The lowest BCUT2D eigenvalue weighted by Crippen LogP contribution is -2.09. The lowest BCUT2D eigenvalue weighted by molar-refractivity contribution is 0.0688. The molecule has 1 atom stereocenters. The standard InChI is InChI=1S/C11H11N3O4.2C2H6/c1-6-9(11(15)16)13-5-8(14-6)18-7(2)10-12-3-4-17-10;2*1-2/h3-5,7H,1-2H3,(H,15,16);2*1-2H3. The Labute approximate surface area is 130 Å². The van der Waals surface area contributed by atoms with E-state index in [2.05, 4.69) is 15.0 Å². The quantitative estimate of drug-likeness (QED) is 0.920. The monoisotopic (exact) mass is 309 g/mol. The van der Waals surface area contributed by atoms with Crippen molar-refractivity contribution in [2.24, 2.45) is 0 Å². The van der Waals surface area contributed by atoms with Gasteiger partial charge in [-0.15, -0.1) is 0 Å². The molecule has 0 spiro atoms. The number of aromatic carboxylic acids is 1. The smallest absolute Gasteiger partial charge is 0.356 e. The third kappa shape index (κ3) is 5.51. The number of rotatable bonds is 4. The van der Waals surface area contributed by atoms with Gasteiger partial charge < -0.3 is 14.3 Å². The number of hydrogen-bond acceptors (Lipinski definition) is 6. The molecule has 2 heterocycles. The Balaban J connectivity index is 0.00000102. The molecule has 7 nitrogen and oxygen atoms in total. The normalized spacial score (nSPS) is 10.5. The fraction of sp³-hybridized carbons (Fsp3) is 0.467. The zero-order valence-corrected chi connectivity index (χ0v) is 13.8. The van der Waals surface area contributed by atoms with Crippen molar-refractivity contribution in [1.29, 1.82) is 0 Å². The molecule has 0 saturated carbocycles. The predicted octanol–water partition coefficient (Wildman–Crippen LogP) is 3.66. The maximum atomic E-state index is 10.8. The molecule has 2 aromatic rings. The van der Waals surface area contributed by atoms with Crippen LogP contribution in [0.4, 0.5) is 0 Å². The van der Waals surface area contributed by atoms with E-state index in [9.17, 15) is 4.79 Å². The van der Waals surface area contributed by atoms with Gasteiger partial charge in [-0.3, -0.25) is 0 Å². The largest absolute Gasteiger partial charge is 0.476 e. The van der Waals surface area contributed by atoms with Crippen molar-refractivity contribution < 1.29 is 19.1 Å². The number of nitrogens with zero attached hydrogens (tertiary/aromatic N) is 3. The maximum absolute atomic E-state index is 10.8. The fourth-order valence-corrected chi connectivity index (χ4v) is 1.39. The Bertz CT molecular complexity index is 556. The zero-order valence-electron chi connectivity index (χ0n) is 13.8. The molecule has 1 N–H and O–H groups in total. The first kappa shape index (κ1) is 19.6. The van der Waals surface area contributed by atoms with Gasteiger partial charge in [0.25, 0.3) is 0 Å². The molecule has 1 unspecified atom stereocenters. The molecule has 2 aromatic heterocycles. The van der Waals surface area contributed by atoms with Crippen LogP contribution in [0.3, 0.4) is 0 Å². The van der Waals surface area contributed by atoms with E-state index in [0.717, 1.165) is 0 Å². The van der Waals surface area contributed by atoms with Gasteiger partial charge in [-0.05, 0) is 13.8 Å². The van der Waals surface area contributed by atoms with Crippen LogP contribution in [0.15, 0.2) is 23.1 Å². The predicted molar refractivity (Wildman–Crippen MR) is 82.0 cm³/mol. The minimum absolute atomic E-state index is 0.0915. The summed E-state index contributed by atoms with van der Waals surface area (Å²) in [7, 11) is 0. The van der Waals surface area contributed by atoms with Gasteiger partial charge in [0.2, 0.25) is 11.8 Å². The van der Waals surface area contributed by atoms with Crippen molar-refractivity contribution >= 4 is 5.97 Å². The number of aryl methyl sites for hydroxylation is 1. The molecule has 0 fully saturated rings. The number of carbonyl (C=O) groups is 1. The molecule has 0 amide bonds. The molecule has 0 aliphatic heterocycles. The lowest BCUT2D eigenvalue weighted by atomic mass is 10.3. The lowest BCUT2D eigenvalue weighted by Gasteiger charge is -2.10. The van der Waals surface area contributed by atoms with Crippen molar-refractivity contribution in [3.63, 3.8) is 0 Å². The third-order valence-electron chi connectivity index (χ3n) is 2.22. The topological polar surface area (TPSA) is 98.3 Å². The number of carboxylic acids is 1. The van der Waals surface area contributed by atoms with Crippen molar-refractivity contribution in [3.05, 3.63) is 35.9 Å². The van der Waals surface area contributed by atoms with Crippen LogP contribution in [0.25, 0.3) is 0 Å². The van der Waals surface area contributed by atoms with Crippen LogP contribution in [-0.4, -0.2) is 26.0 Å². The molecular weight excluding hydrogens is 286 g/mol. The highest BCUT2D eigenvalue weighted by molar-refractivity contribution is 5.86. The van der Waals surface area contributed by atoms with Gasteiger partial charge in [-0.1, -0.05) is 27.7 Å². The molecular formula is C15H23N3O4. The highest BCUT2D eigenvalue weighted by Gasteiger charge is 2.15. The summed E-state index contributed by atoms with van der Waals surface area (Å²) < 4.78 is 10.5. The molecule has 0 radical (unpaired) electrons. The first-order chi connectivity index (χ1) is 10.6. The first-order valence-corrected chi connectivity index (χ1v) is 7.21. The highest BCUT2D eigenvalue weighted by Crippen LogP contribution is 2.18. The van der Waals surface area contributed by atoms with E-state index in [4.69, 9.17) is 14.3 Å². The molecule has 0 saturated heterocycles. The van der Waals surface area contributed by atoms with E-state index >= 15 is 0 Å². The summed E-state index contributed by atoms with van der Waals surface area (Å²) in [5.74, 6) is -0.479. The van der Waals surface area contributed by atoms with Crippen LogP contribution < -0.4 is 4.74 Å². The number of hydrogen-bond donors (Lipinski definition) is 1. The summed E-state index contributed by atoms with van der Waals surface area (Å²) in [4.78, 5) is 22.5. The van der Waals surface area contributed by atoms with Crippen LogP contribution in [0.5, 0.6) is 5.88 Å². The summed E-state index contributed by atoms with van der Waals surface area (Å²) in [5.41, 5.74) is 0.200. The number of carboxylic acid groups (broad SMARTS) is 1. The summed E-state index contributed by atoms with van der Waals surface area (Å²) >= 11 is 0. The van der Waals surface area contributed by atoms with Gasteiger partial charge in [-0.2, -0.15) is 0 Å². The van der Waals surface area contributed by atoms with Crippen LogP contribution in [-0.2, 0) is 0 Å². The fourth-order valence-electron chi connectivity index (χ4n) is 1.39. The average molecular weight is 309 g/mol. The first-order valence-electron chi connectivity index (χ1n) is 7.21. The Morgan fingerprint density at radius 3 is 2.36 bits per heavy atom. The van der Waals surface area contributed by atoms with Gasteiger partial charge in [-0.25, -0.2) is 19.7 Å². The minimum atomic E-state index is -1.12. The van der Waals surface area contributed by atoms with Crippen molar-refractivity contribution in [1.82, 2.24) is 15.0 Å². The summed E-state index contributed by atoms with van der Waals surface area (Å²) in [6.45, 7) is 11.3. The number of ether oxygens (including phenoxy) is 1. The highest BCUT2D eigenvalue weighted by atomic mass is 16.5. The molecule has 0 bridgehead atoms. The van der Waals surface area contributed by atoms with Crippen molar-refractivity contribution in [2.75, 3.05) is 0 Å². The van der Waals surface area contributed by atoms with Gasteiger partial charge in [0.1, 0.15) is 6.26 Å². The SMILES string of the molecule is CC.CC.Cc1nc(OC(C)c2ncco2)cnc1C(=O)O. The number of aromatic nitrogens is 3. The van der Waals surface area contributed by atoms with Crippen LogP contribution >= 0.6 is 0 Å². The van der Waals surface area contributed by atoms with Crippen LogP contribution in [0.1, 0.15) is 62.8 Å². The molecule has 122 valence electrons. The van der Waals surface area contributed by atoms with E-state index in [1.165, 1.54) is 18.7 Å². The number of oxazole rings is 1. The molecule has 0 aliphatic carbocycles. The summed E-state index contributed by atoms with van der Waals surface area (Å²) in [5, 5.41) is 8.82. The second-order valence-electron chi connectivity index (χ2n) is 3.58. The van der Waals surface area contributed by atoms with Gasteiger partial charge in [0, 0.05) is 0 Å². The van der Waals surface area contributed by atoms with Gasteiger partial charge in [0.05, 0.1) is 18.1 Å². The average Bonchev–Trinajstić information content (AvgIpc) is 3.05. The third-order valence-corrected chi connectivity index (χ3v) is 2.22. The van der Waals surface area contributed by atoms with E-state index in [-0.39, 0.29) is 11.6 Å². The Kier molecular flexibility index (Phi) is 9.17. The van der Waals surface area contributed by atoms with Gasteiger partial charge >= 0.3 is 5.97 Å². The van der Waals surface area contributed by atoms with Gasteiger partial charge in [0.15, 0.2) is 11.8 Å². The van der Waals surface area contributed by atoms with Crippen molar-refractivity contribution in [3.8, 4) is 5.88 Å². The Morgan fingerprint density at radius 2 is 1.91 bits per heavy atom. The van der Waals surface area contributed by atoms with E-state index < -0.39 is 12.1 Å². The van der Waals surface area contributed by atoms with E-state index in [0.29, 0.717) is 11.6 Å². The Morgan fingerprint density at radius 1 is 1.27 bits per heavy atom. The van der Waals surface area contributed by atoms with Crippen LogP contribution in [0.2, 0.25) is 0 Å². The second-order valence-corrected chi connectivity index (χ2v) is 3.58. The summed E-state index contributed by atoms with van der Waals surface area (Å²) in [6, 6.07) is 0. The summed E-state index contributed by atoms with van der Waals surface area (Å²) in [6.07, 6.45) is 3.79.